The Morgan fingerprint density at radius 2 is 1.45 bits per heavy atom. The van der Waals surface area contributed by atoms with Crippen molar-refractivity contribution in [3.05, 3.63) is 101 Å². The molecule has 1 aliphatic heterocycles. The average Bonchev–Trinajstić information content (AvgIpc) is 2.79. The summed E-state index contributed by atoms with van der Waals surface area (Å²) in [5, 5.41) is 0. The van der Waals surface area contributed by atoms with E-state index in [4.69, 9.17) is 4.74 Å². The van der Waals surface area contributed by atoms with Crippen molar-refractivity contribution in [2.24, 2.45) is 5.92 Å². The van der Waals surface area contributed by atoms with E-state index >= 15 is 0 Å². The number of nitrogens with zero attached hydrogens (tertiary/aromatic N) is 1. The van der Waals surface area contributed by atoms with Crippen LogP contribution in [0.1, 0.15) is 29.0 Å². The van der Waals surface area contributed by atoms with Crippen molar-refractivity contribution in [3.63, 3.8) is 0 Å². The van der Waals surface area contributed by atoms with E-state index in [0.29, 0.717) is 37.4 Å². The number of rotatable bonds is 6. The van der Waals surface area contributed by atoms with E-state index in [1.807, 2.05) is 0 Å². The molecule has 0 amide bonds. The van der Waals surface area contributed by atoms with Gasteiger partial charge in [0.2, 0.25) is 0 Å². The van der Waals surface area contributed by atoms with Gasteiger partial charge in [-0.05, 0) is 53.6 Å². The first-order valence-electron chi connectivity index (χ1n) is 10.5. The molecule has 0 radical (unpaired) electrons. The van der Waals surface area contributed by atoms with Crippen molar-refractivity contribution in [2.45, 2.75) is 18.9 Å². The summed E-state index contributed by atoms with van der Waals surface area (Å²) in [6.07, 6.45) is 0.348. The van der Waals surface area contributed by atoms with Gasteiger partial charge in [0.25, 0.3) is 0 Å². The smallest absolute Gasteiger partial charge is 0.139 e. The monoisotopic (exact) mass is 475 g/mol. The molecular weight excluding hydrogens is 451 g/mol. The normalized spacial score (nSPS) is 16.5. The quantitative estimate of drug-likeness (QED) is 0.454. The highest BCUT2D eigenvalue weighted by Crippen LogP contribution is 2.36. The van der Waals surface area contributed by atoms with Crippen molar-refractivity contribution >= 4 is 18.2 Å². The number of carbonyl (C=O) groups is 1. The molecule has 3 aromatic carbocycles. The van der Waals surface area contributed by atoms with Crippen molar-refractivity contribution in [3.8, 4) is 5.75 Å². The molecular formula is C26H25ClF3NO2. The Balaban J connectivity index is 0.00000306. The van der Waals surface area contributed by atoms with Crippen LogP contribution in [0.4, 0.5) is 13.2 Å². The van der Waals surface area contributed by atoms with E-state index in [1.165, 1.54) is 36.4 Å². The minimum absolute atomic E-state index is 0. The molecule has 174 valence electrons. The summed E-state index contributed by atoms with van der Waals surface area (Å²) in [5.41, 5.74) is 2.30. The van der Waals surface area contributed by atoms with Crippen LogP contribution in [0.25, 0.3) is 0 Å². The molecule has 1 heterocycles. The molecule has 1 saturated heterocycles. The molecule has 7 heteroatoms. The lowest BCUT2D eigenvalue weighted by Gasteiger charge is -2.36. The summed E-state index contributed by atoms with van der Waals surface area (Å²) in [6.45, 7) is 1.43. The van der Waals surface area contributed by atoms with Gasteiger partial charge in [-0.3, -0.25) is 9.69 Å². The fourth-order valence-corrected chi connectivity index (χ4v) is 4.47. The maximum atomic E-state index is 13.8. The number of hydrogen-bond donors (Lipinski definition) is 0. The second-order valence-electron chi connectivity index (χ2n) is 8.09. The van der Waals surface area contributed by atoms with Crippen molar-refractivity contribution in [2.75, 3.05) is 20.2 Å². The number of benzene rings is 3. The van der Waals surface area contributed by atoms with Crippen molar-refractivity contribution < 1.29 is 22.7 Å². The maximum absolute atomic E-state index is 13.8. The second kappa shape index (κ2) is 10.9. The highest BCUT2D eigenvalue weighted by atomic mass is 35.5. The van der Waals surface area contributed by atoms with E-state index in [0.717, 1.165) is 11.1 Å². The summed E-state index contributed by atoms with van der Waals surface area (Å²) >= 11 is 0. The Kier molecular flexibility index (Phi) is 8.16. The van der Waals surface area contributed by atoms with Crippen LogP contribution in [-0.4, -0.2) is 30.9 Å². The lowest BCUT2D eigenvalue weighted by molar-refractivity contribution is -0.126. The van der Waals surface area contributed by atoms with Crippen LogP contribution in [0, 0.1) is 23.4 Å². The van der Waals surface area contributed by atoms with Crippen LogP contribution in [0.15, 0.2) is 66.7 Å². The third kappa shape index (κ3) is 5.75. The summed E-state index contributed by atoms with van der Waals surface area (Å²) in [6, 6.07) is 16.6. The average molecular weight is 476 g/mol. The standard InChI is InChI=1S/C26H24F3NO2.ClH/c1-32-25-11-10-22(29)14-19(25)15-30-13-12-24(31)23(16-30)26(17-2-6-20(27)7-3-17)18-4-8-21(28)9-5-18;/h2-11,14,23,26H,12-13,15-16H2,1H3;1H. The number of halogens is 4. The molecule has 0 bridgehead atoms. The fraction of sp³-hybridized carbons (Fsp3) is 0.269. The molecule has 1 aliphatic rings. The first-order valence-corrected chi connectivity index (χ1v) is 10.5. The minimum Gasteiger partial charge on any atom is -0.496 e. The van der Waals surface area contributed by atoms with Crippen LogP contribution in [0.2, 0.25) is 0 Å². The predicted molar refractivity (Wildman–Crippen MR) is 123 cm³/mol. The van der Waals surface area contributed by atoms with Gasteiger partial charge in [-0.1, -0.05) is 24.3 Å². The van der Waals surface area contributed by atoms with Gasteiger partial charge in [0.05, 0.1) is 7.11 Å². The lowest BCUT2D eigenvalue weighted by atomic mass is 9.76. The van der Waals surface area contributed by atoms with Crippen molar-refractivity contribution in [1.29, 1.82) is 0 Å². The van der Waals surface area contributed by atoms with Crippen molar-refractivity contribution in [1.82, 2.24) is 4.90 Å². The van der Waals surface area contributed by atoms with Crippen LogP contribution >= 0.6 is 12.4 Å². The van der Waals surface area contributed by atoms with Crippen LogP contribution in [0.3, 0.4) is 0 Å². The summed E-state index contributed by atoms with van der Waals surface area (Å²) < 4.78 is 46.3. The highest BCUT2D eigenvalue weighted by molar-refractivity contribution is 5.85. The maximum Gasteiger partial charge on any atom is 0.139 e. The third-order valence-electron chi connectivity index (χ3n) is 6.04. The molecule has 33 heavy (non-hydrogen) atoms. The molecule has 0 N–H and O–H groups in total. The van der Waals surface area contributed by atoms with Gasteiger partial charge >= 0.3 is 0 Å². The first-order chi connectivity index (χ1) is 15.4. The number of likely N-dealkylation sites (tertiary alicyclic amines) is 1. The second-order valence-corrected chi connectivity index (χ2v) is 8.09. The molecule has 3 nitrogen and oxygen atoms in total. The minimum atomic E-state index is -0.403. The zero-order valence-corrected chi connectivity index (χ0v) is 19.0. The SMILES string of the molecule is COc1ccc(F)cc1CN1CCC(=O)C(C(c2ccc(F)cc2)c2ccc(F)cc2)C1.Cl. The molecule has 4 rings (SSSR count). The number of methoxy groups -OCH3 is 1. The van der Waals surface area contributed by atoms with Crippen LogP contribution < -0.4 is 4.74 Å². The number of Topliss-reactive ketones (excluding diaryl/α,β-unsaturated/α-hetero) is 1. The molecule has 0 aromatic heterocycles. The topological polar surface area (TPSA) is 29.5 Å². The van der Waals surface area contributed by atoms with E-state index in [2.05, 4.69) is 4.90 Å². The molecule has 1 unspecified atom stereocenters. The van der Waals surface area contributed by atoms with Gasteiger partial charge < -0.3 is 4.74 Å². The van der Waals surface area contributed by atoms with Gasteiger partial charge in [0.15, 0.2) is 0 Å². The Morgan fingerprint density at radius 1 is 0.909 bits per heavy atom. The lowest BCUT2D eigenvalue weighted by Crippen LogP contribution is -2.43. The van der Waals surface area contributed by atoms with Gasteiger partial charge in [-0.2, -0.15) is 0 Å². The Morgan fingerprint density at radius 3 is 2.00 bits per heavy atom. The van der Waals surface area contributed by atoms with Gasteiger partial charge in [-0.25, -0.2) is 13.2 Å². The number of ether oxygens (including phenoxy) is 1. The van der Waals surface area contributed by atoms with Gasteiger partial charge in [0.1, 0.15) is 29.0 Å². The fourth-order valence-electron chi connectivity index (χ4n) is 4.47. The highest BCUT2D eigenvalue weighted by Gasteiger charge is 2.35. The molecule has 0 spiro atoms. The van der Waals surface area contributed by atoms with E-state index in [9.17, 15) is 18.0 Å². The van der Waals surface area contributed by atoms with Crippen LogP contribution in [-0.2, 0) is 11.3 Å². The predicted octanol–water partition coefficient (Wildman–Crippen LogP) is 5.76. The first kappa shape index (κ1) is 24.8. The number of piperidine rings is 1. The van der Waals surface area contributed by atoms with Gasteiger partial charge in [-0.15, -0.1) is 12.4 Å². The molecule has 1 atom stereocenters. The van der Waals surface area contributed by atoms with Crippen LogP contribution in [0.5, 0.6) is 5.75 Å². The number of ketones is 1. The summed E-state index contributed by atoms with van der Waals surface area (Å²) in [4.78, 5) is 15.1. The Labute approximate surface area is 197 Å². The summed E-state index contributed by atoms with van der Waals surface area (Å²) in [5.74, 6) is -1.12. The van der Waals surface area contributed by atoms with E-state index in [-0.39, 0.29) is 41.6 Å². The Hall–Kier alpha value is -2.83. The molecule has 0 aliphatic carbocycles. The largest absolute Gasteiger partial charge is 0.496 e. The summed E-state index contributed by atoms with van der Waals surface area (Å²) in [7, 11) is 1.54. The molecule has 1 fully saturated rings. The van der Waals surface area contributed by atoms with Gasteiger partial charge in [0, 0.05) is 43.5 Å². The number of hydrogen-bond acceptors (Lipinski definition) is 3. The third-order valence-corrected chi connectivity index (χ3v) is 6.04. The molecule has 0 saturated carbocycles. The van der Waals surface area contributed by atoms with E-state index in [1.54, 1.807) is 37.4 Å². The Bertz CT molecular complexity index is 1040. The zero-order valence-electron chi connectivity index (χ0n) is 18.1. The molecule has 3 aromatic rings. The van der Waals surface area contributed by atoms with E-state index < -0.39 is 5.92 Å². The zero-order chi connectivity index (χ0) is 22.7. The number of carbonyl (C=O) groups excluding carboxylic acids is 1.